The number of anilines is 1. The van der Waals surface area contributed by atoms with E-state index in [9.17, 15) is 9.90 Å². The zero-order valence-corrected chi connectivity index (χ0v) is 15.5. The first kappa shape index (κ1) is 16.2. The molecule has 138 valence electrons. The number of fused-ring (bicyclic) bond motifs is 3. The molecule has 1 N–H and O–H groups in total. The minimum atomic E-state index is -1.63. The maximum atomic E-state index is 12.8. The van der Waals surface area contributed by atoms with Crippen LogP contribution in [0.1, 0.15) is 50.5 Å². The van der Waals surface area contributed by atoms with Crippen LogP contribution in [-0.2, 0) is 9.53 Å². The number of nitrogens with zero attached hydrogens (tertiary/aromatic N) is 2. The van der Waals surface area contributed by atoms with E-state index in [2.05, 4.69) is 24.0 Å². The van der Waals surface area contributed by atoms with Gasteiger partial charge in [-0.1, -0.05) is 25.1 Å². The Balaban J connectivity index is 1.83. The zero-order chi connectivity index (χ0) is 18.1. The molecule has 1 fully saturated rings. The molecule has 0 aliphatic carbocycles. The van der Waals surface area contributed by atoms with Crippen LogP contribution in [0.25, 0.3) is 0 Å². The maximum absolute atomic E-state index is 12.8. The second-order valence-electron chi connectivity index (χ2n) is 8.18. The Hall–Kier alpha value is -2.01. The molecule has 0 aromatic heterocycles. The van der Waals surface area contributed by atoms with E-state index in [1.54, 1.807) is 0 Å². The minimum absolute atomic E-state index is 0.145. The van der Waals surface area contributed by atoms with Gasteiger partial charge in [0.15, 0.2) is 0 Å². The summed E-state index contributed by atoms with van der Waals surface area (Å²) in [6, 6.07) is 8.22. The molecule has 5 nitrogen and oxygen atoms in total. The van der Waals surface area contributed by atoms with Gasteiger partial charge in [-0.3, -0.25) is 0 Å². The molecule has 5 heteroatoms. The molecule has 0 amide bonds. The second-order valence-corrected chi connectivity index (χ2v) is 8.18. The topological polar surface area (TPSA) is 53.0 Å². The van der Waals surface area contributed by atoms with E-state index >= 15 is 0 Å². The van der Waals surface area contributed by atoms with Gasteiger partial charge in [0.05, 0.1) is 7.11 Å². The third-order valence-electron chi connectivity index (χ3n) is 7.10. The van der Waals surface area contributed by atoms with Gasteiger partial charge in [-0.15, -0.1) is 0 Å². The summed E-state index contributed by atoms with van der Waals surface area (Å²) in [6.45, 7) is 4.33. The van der Waals surface area contributed by atoms with E-state index in [1.807, 2.05) is 17.0 Å². The van der Waals surface area contributed by atoms with Crippen molar-refractivity contribution in [3.8, 4) is 0 Å². The summed E-state index contributed by atoms with van der Waals surface area (Å²) >= 11 is 0. The largest absolute Gasteiger partial charge is 0.465 e. The Kier molecular flexibility index (Phi) is 3.27. The van der Waals surface area contributed by atoms with Crippen LogP contribution in [-0.4, -0.2) is 41.9 Å². The molecule has 26 heavy (non-hydrogen) atoms. The summed E-state index contributed by atoms with van der Waals surface area (Å²) in [5.74, 6) is -0.284. The van der Waals surface area contributed by atoms with Crippen molar-refractivity contribution in [1.29, 1.82) is 0 Å². The van der Waals surface area contributed by atoms with Crippen molar-refractivity contribution in [3.63, 3.8) is 0 Å². The number of hydrogen-bond acceptors (Lipinski definition) is 5. The SMILES string of the molecule is CC[C@@]12CCCN3CCC4C(=C31)N(c1ccccc14)[C@](O)(C(=O)OC)C2. The summed E-state index contributed by atoms with van der Waals surface area (Å²) in [5.41, 5.74) is 2.95. The van der Waals surface area contributed by atoms with Crippen molar-refractivity contribution in [3.05, 3.63) is 41.2 Å². The second kappa shape index (κ2) is 5.26. The lowest BCUT2D eigenvalue weighted by atomic mass is 9.64. The molecule has 1 unspecified atom stereocenters. The molecule has 0 bridgehead atoms. The highest BCUT2D eigenvalue weighted by Crippen LogP contribution is 2.62. The Labute approximate surface area is 154 Å². The number of methoxy groups -OCH3 is 1. The Morgan fingerprint density at radius 3 is 2.92 bits per heavy atom. The van der Waals surface area contributed by atoms with Crippen molar-refractivity contribution in [1.82, 2.24) is 4.90 Å². The number of aliphatic hydroxyl groups is 1. The molecule has 1 aromatic carbocycles. The van der Waals surface area contributed by atoms with Crippen LogP contribution in [0.5, 0.6) is 0 Å². The highest BCUT2D eigenvalue weighted by molar-refractivity contribution is 5.88. The van der Waals surface area contributed by atoms with Gasteiger partial charge in [-0.2, -0.15) is 0 Å². The quantitative estimate of drug-likeness (QED) is 0.828. The van der Waals surface area contributed by atoms with E-state index in [-0.39, 0.29) is 11.3 Å². The predicted octanol–water partition coefficient (Wildman–Crippen LogP) is 2.96. The summed E-state index contributed by atoms with van der Waals surface area (Å²) < 4.78 is 5.10. The number of esters is 1. The van der Waals surface area contributed by atoms with E-state index < -0.39 is 11.7 Å². The summed E-state index contributed by atoms with van der Waals surface area (Å²) in [4.78, 5) is 17.3. The van der Waals surface area contributed by atoms with E-state index in [0.717, 1.165) is 50.2 Å². The molecule has 0 spiro atoms. The van der Waals surface area contributed by atoms with Crippen LogP contribution in [0.2, 0.25) is 0 Å². The third kappa shape index (κ3) is 1.77. The molecule has 4 heterocycles. The van der Waals surface area contributed by atoms with Gasteiger partial charge in [-0.25, -0.2) is 4.79 Å². The van der Waals surface area contributed by atoms with Crippen molar-refractivity contribution < 1.29 is 14.6 Å². The van der Waals surface area contributed by atoms with Crippen molar-refractivity contribution in [2.24, 2.45) is 5.41 Å². The molecular formula is C21H26N2O3. The summed E-state index contributed by atoms with van der Waals surface area (Å²) in [5, 5.41) is 11.7. The van der Waals surface area contributed by atoms with Gasteiger partial charge in [0.25, 0.3) is 0 Å². The average molecular weight is 354 g/mol. The van der Waals surface area contributed by atoms with E-state index in [4.69, 9.17) is 4.74 Å². The van der Waals surface area contributed by atoms with Crippen LogP contribution < -0.4 is 4.90 Å². The first-order chi connectivity index (χ1) is 12.6. The van der Waals surface area contributed by atoms with Crippen LogP contribution in [0.4, 0.5) is 5.69 Å². The molecule has 1 aromatic rings. The average Bonchev–Trinajstić information content (AvgIpc) is 3.02. The molecule has 5 rings (SSSR count). The number of carbonyl (C=O) groups excluding carboxylic acids is 1. The summed E-state index contributed by atoms with van der Waals surface area (Å²) in [6.07, 6.45) is 4.50. The third-order valence-corrected chi connectivity index (χ3v) is 7.10. The fraction of sp³-hybridized carbons (Fsp3) is 0.571. The fourth-order valence-corrected chi connectivity index (χ4v) is 6.02. The van der Waals surface area contributed by atoms with Crippen molar-refractivity contribution in [2.45, 2.75) is 50.7 Å². The Morgan fingerprint density at radius 1 is 1.35 bits per heavy atom. The smallest absolute Gasteiger partial charge is 0.359 e. The first-order valence-corrected chi connectivity index (χ1v) is 9.75. The van der Waals surface area contributed by atoms with Gasteiger partial charge >= 0.3 is 5.97 Å². The van der Waals surface area contributed by atoms with Crippen LogP contribution in [0.3, 0.4) is 0 Å². The van der Waals surface area contributed by atoms with Gasteiger partial charge < -0.3 is 19.6 Å². The number of rotatable bonds is 2. The predicted molar refractivity (Wildman–Crippen MR) is 98.4 cm³/mol. The zero-order valence-electron chi connectivity index (χ0n) is 15.5. The lowest BCUT2D eigenvalue weighted by Crippen LogP contribution is -2.64. The molecule has 0 radical (unpaired) electrons. The number of para-hydroxylation sites is 1. The molecular weight excluding hydrogens is 328 g/mol. The summed E-state index contributed by atoms with van der Waals surface area (Å²) in [7, 11) is 1.37. The number of ether oxygens (including phenoxy) is 1. The van der Waals surface area contributed by atoms with Gasteiger partial charge in [0.1, 0.15) is 0 Å². The Bertz CT molecular complexity index is 819. The molecule has 1 saturated heterocycles. The van der Waals surface area contributed by atoms with Gasteiger partial charge in [0.2, 0.25) is 5.72 Å². The number of benzene rings is 1. The molecule has 3 atom stereocenters. The van der Waals surface area contributed by atoms with Crippen LogP contribution >= 0.6 is 0 Å². The number of carbonyl (C=O) groups is 1. The minimum Gasteiger partial charge on any atom is -0.465 e. The lowest BCUT2D eigenvalue weighted by molar-refractivity contribution is -0.167. The van der Waals surface area contributed by atoms with Crippen molar-refractivity contribution >= 4 is 11.7 Å². The highest BCUT2D eigenvalue weighted by atomic mass is 16.5. The van der Waals surface area contributed by atoms with Crippen molar-refractivity contribution in [2.75, 3.05) is 25.1 Å². The van der Waals surface area contributed by atoms with E-state index in [0.29, 0.717) is 6.42 Å². The number of allylic oxidation sites excluding steroid dienone is 2. The fourth-order valence-electron chi connectivity index (χ4n) is 6.02. The number of piperidine rings is 1. The maximum Gasteiger partial charge on any atom is 0.359 e. The Morgan fingerprint density at radius 2 is 2.15 bits per heavy atom. The van der Waals surface area contributed by atoms with Crippen LogP contribution in [0, 0.1) is 5.41 Å². The van der Waals surface area contributed by atoms with Crippen LogP contribution in [0.15, 0.2) is 35.7 Å². The monoisotopic (exact) mass is 354 g/mol. The van der Waals surface area contributed by atoms with Gasteiger partial charge in [-0.05, 0) is 37.3 Å². The molecule has 4 aliphatic rings. The first-order valence-electron chi connectivity index (χ1n) is 9.75. The van der Waals surface area contributed by atoms with E-state index in [1.165, 1.54) is 18.4 Å². The lowest BCUT2D eigenvalue weighted by Gasteiger charge is -2.57. The normalized spacial score (nSPS) is 34.5. The molecule has 0 saturated carbocycles. The highest BCUT2D eigenvalue weighted by Gasteiger charge is 2.62. The van der Waals surface area contributed by atoms with Gasteiger partial charge in [0, 0.05) is 47.9 Å². The molecule has 4 aliphatic heterocycles. The standard InChI is InChI=1S/C21H26N2O3/c1-3-20-10-6-11-22-12-9-15-14-7-4-5-8-16(14)23(17(15)18(20)22)21(25,13-20)19(24)26-2/h4-5,7-8,15,25H,3,6,9-13H2,1-2H3/t15?,20-,21+/m0/s1. The number of hydrogen-bond donors (Lipinski definition) is 1.